The van der Waals surface area contributed by atoms with Crippen LogP contribution in [0, 0.1) is 0 Å². The summed E-state index contributed by atoms with van der Waals surface area (Å²) in [7, 11) is -4.38. The van der Waals surface area contributed by atoms with Gasteiger partial charge in [-0.25, -0.2) is 4.57 Å². The quantitative estimate of drug-likeness (QED) is 0.0287. The number of carbonyl (C=O) groups excluding carboxylic acids is 2. The lowest BCUT2D eigenvalue weighted by molar-refractivity contribution is -0.161. The number of hydrogen-bond donors (Lipinski definition) is 2. The van der Waals surface area contributed by atoms with E-state index in [1.165, 1.54) is 70.6 Å². The molecule has 9 nitrogen and oxygen atoms in total. The molecule has 0 aromatic heterocycles. The molecule has 0 fully saturated rings. The molecular formula is C38H70NO8P. The summed E-state index contributed by atoms with van der Waals surface area (Å²) in [5, 5.41) is 0. The number of unbranched alkanes of at least 4 members (excludes halogenated alkanes) is 16. The van der Waals surface area contributed by atoms with Crippen molar-refractivity contribution in [3.8, 4) is 0 Å². The summed E-state index contributed by atoms with van der Waals surface area (Å²) in [5.41, 5.74) is 5.32. The number of hydrogen-bond acceptors (Lipinski definition) is 8. The Balaban J connectivity index is 4.29. The molecule has 0 bridgehead atoms. The van der Waals surface area contributed by atoms with E-state index < -0.39 is 32.5 Å². The first-order valence-electron chi connectivity index (χ1n) is 19.0. The zero-order valence-electron chi connectivity index (χ0n) is 30.5. The smallest absolute Gasteiger partial charge is 0.462 e. The number of nitrogens with two attached hydrogens (primary N) is 1. The second kappa shape index (κ2) is 35.1. The molecule has 3 N–H and O–H groups in total. The molecule has 0 spiro atoms. The molecule has 2 atom stereocenters. The minimum Gasteiger partial charge on any atom is -0.462 e. The van der Waals surface area contributed by atoms with E-state index in [2.05, 4.69) is 50.3 Å². The third-order valence-corrected chi connectivity index (χ3v) is 8.76. The third kappa shape index (κ3) is 34.1. The molecule has 0 aromatic carbocycles. The summed E-state index contributed by atoms with van der Waals surface area (Å²) < 4.78 is 32.6. The summed E-state index contributed by atoms with van der Waals surface area (Å²) in [5.74, 6) is -0.874. The van der Waals surface area contributed by atoms with Gasteiger partial charge in [0.05, 0.1) is 13.2 Å². The molecule has 48 heavy (non-hydrogen) atoms. The normalized spacial score (nSPS) is 13.8. The average Bonchev–Trinajstić information content (AvgIpc) is 3.07. The SMILES string of the molecule is CCCCC/C=C/C/C=C/C/C=C/CCCCC(=O)OC[C@H](COP(=O)(O)OCCN)OC(=O)CCCCCCCCCCCCCC. The highest BCUT2D eigenvalue weighted by Gasteiger charge is 2.25. The first-order valence-corrected chi connectivity index (χ1v) is 20.5. The summed E-state index contributed by atoms with van der Waals surface area (Å²) in [6.45, 7) is 3.64. The zero-order chi connectivity index (χ0) is 35.4. The van der Waals surface area contributed by atoms with Gasteiger partial charge in [0.2, 0.25) is 0 Å². The predicted molar refractivity (Wildman–Crippen MR) is 197 cm³/mol. The average molecular weight is 700 g/mol. The van der Waals surface area contributed by atoms with E-state index in [1.807, 2.05) is 0 Å². The van der Waals surface area contributed by atoms with Crippen molar-refractivity contribution >= 4 is 19.8 Å². The van der Waals surface area contributed by atoms with E-state index in [1.54, 1.807) is 0 Å². The van der Waals surface area contributed by atoms with Crippen molar-refractivity contribution in [2.45, 2.75) is 168 Å². The van der Waals surface area contributed by atoms with Crippen LogP contribution in [0.4, 0.5) is 0 Å². The molecule has 0 heterocycles. The minimum atomic E-state index is -4.38. The fourth-order valence-corrected chi connectivity index (χ4v) is 5.70. The van der Waals surface area contributed by atoms with Crippen molar-refractivity contribution < 1.29 is 37.6 Å². The summed E-state index contributed by atoms with van der Waals surface area (Å²) in [6.07, 6.45) is 36.0. The number of ether oxygens (including phenoxy) is 2. The molecule has 1 unspecified atom stereocenters. The Morgan fingerprint density at radius 2 is 1.08 bits per heavy atom. The molecule has 0 rings (SSSR count). The van der Waals surface area contributed by atoms with E-state index in [9.17, 15) is 19.0 Å². The molecule has 0 saturated heterocycles. The van der Waals surface area contributed by atoms with Crippen LogP contribution in [0.5, 0.6) is 0 Å². The van der Waals surface area contributed by atoms with E-state index >= 15 is 0 Å². The van der Waals surface area contributed by atoms with Crippen molar-refractivity contribution in [1.29, 1.82) is 0 Å². The van der Waals surface area contributed by atoms with Crippen LogP contribution in [-0.4, -0.2) is 49.3 Å². The molecule has 0 radical (unpaired) electrons. The molecule has 0 amide bonds. The largest absolute Gasteiger partial charge is 0.472 e. The van der Waals surface area contributed by atoms with Gasteiger partial charge in [-0.15, -0.1) is 0 Å². The van der Waals surface area contributed by atoms with Gasteiger partial charge < -0.3 is 20.1 Å². The Kier molecular flexibility index (Phi) is 33.8. The van der Waals surface area contributed by atoms with Crippen LogP contribution in [0.2, 0.25) is 0 Å². The molecule has 0 saturated carbocycles. The van der Waals surface area contributed by atoms with Crippen LogP contribution in [0.15, 0.2) is 36.5 Å². The van der Waals surface area contributed by atoms with Crippen LogP contribution < -0.4 is 5.73 Å². The van der Waals surface area contributed by atoms with Gasteiger partial charge in [0.1, 0.15) is 6.61 Å². The van der Waals surface area contributed by atoms with Crippen molar-refractivity contribution in [2.75, 3.05) is 26.4 Å². The number of allylic oxidation sites excluding steroid dienone is 6. The monoisotopic (exact) mass is 699 g/mol. The van der Waals surface area contributed by atoms with E-state index in [0.717, 1.165) is 51.4 Å². The highest BCUT2D eigenvalue weighted by molar-refractivity contribution is 7.47. The maximum absolute atomic E-state index is 12.5. The van der Waals surface area contributed by atoms with Crippen LogP contribution in [0.25, 0.3) is 0 Å². The van der Waals surface area contributed by atoms with Crippen molar-refractivity contribution in [3.63, 3.8) is 0 Å². The van der Waals surface area contributed by atoms with E-state index in [4.69, 9.17) is 24.3 Å². The van der Waals surface area contributed by atoms with Crippen molar-refractivity contribution in [1.82, 2.24) is 0 Å². The maximum atomic E-state index is 12.5. The molecule has 0 aliphatic heterocycles. The standard InChI is InChI=1S/C38H70NO8P/c1-3-5-7-9-11-13-15-17-18-19-21-22-24-26-28-30-37(40)44-34-36(35-46-48(42,43)45-33-32-39)47-38(41)31-29-27-25-23-20-16-14-12-10-8-6-4-2/h11,13,17-18,21-22,36H,3-10,12,14-16,19-20,23-35,39H2,1-2H3,(H,42,43)/b13-11+,18-17+,22-21+/t36-/m1/s1. The van der Waals surface area contributed by atoms with Gasteiger partial charge in [-0.3, -0.25) is 18.6 Å². The number of phosphoric acid groups is 1. The summed E-state index contributed by atoms with van der Waals surface area (Å²) in [4.78, 5) is 34.7. The van der Waals surface area contributed by atoms with Gasteiger partial charge in [-0.2, -0.15) is 0 Å². The van der Waals surface area contributed by atoms with E-state index in [-0.39, 0.29) is 32.6 Å². The van der Waals surface area contributed by atoms with Gasteiger partial charge in [-0.1, -0.05) is 134 Å². The molecular weight excluding hydrogens is 629 g/mol. The van der Waals surface area contributed by atoms with Gasteiger partial charge >= 0.3 is 19.8 Å². The highest BCUT2D eigenvalue weighted by Crippen LogP contribution is 2.43. The predicted octanol–water partition coefficient (Wildman–Crippen LogP) is 10.2. The first-order chi connectivity index (χ1) is 23.3. The first kappa shape index (κ1) is 46.2. The molecule has 0 aliphatic carbocycles. The molecule has 0 aliphatic rings. The fraction of sp³-hybridized carbons (Fsp3) is 0.789. The number of esters is 2. The Hall–Kier alpha value is -1.77. The molecule has 0 aromatic rings. The molecule has 280 valence electrons. The van der Waals surface area contributed by atoms with Gasteiger partial charge in [0.15, 0.2) is 6.10 Å². The van der Waals surface area contributed by atoms with Crippen LogP contribution in [-0.2, 0) is 32.7 Å². The van der Waals surface area contributed by atoms with Crippen molar-refractivity contribution in [3.05, 3.63) is 36.5 Å². The van der Waals surface area contributed by atoms with Crippen molar-refractivity contribution in [2.24, 2.45) is 5.73 Å². The minimum absolute atomic E-state index is 0.0486. The Morgan fingerprint density at radius 1 is 0.625 bits per heavy atom. The summed E-state index contributed by atoms with van der Waals surface area (Å²) in [6, 6.07) is 0. The second-order valence-corrected chi connectivity index (χ2v) is 13.9. The lowest BCUT2D eigenvalue weighted by Crippen LogP contribution is -2.29. The zero-order valence-corrected chi connectivity index (χ0v) is 31.4. The lowest BCUT2D eigenvalue weighted by atomic mass is 10.0. The van der Waals surface area contributed by atoms with Crippen LogP contribution >= 0.6 is 7.82 Å². The van der Waals surface area contributed by atoms with Gasteiger partial charge in [0.25, 0.3) is 0 Å². The fourth-order valence-electron chi connectivity index (χ4n) is 4.93. The van der Waals surface area contributed by atoms with Crippen LogP contribution in [0.3, 0.4) is 0 Å². The molecule has 10 heteroatoms. The van der Waals surface area contributed by atoms with Gasteiger partial charge in [0, 0.05) is 19.4 Å². The number of carbonyl (C=O) groups is 2. The lowest BCUT2D eigenvalue weighted by Gasteiger charge is -2.19. The Morgan fingerprint density at radius 3 is 1.65 bits per heavy atom. The van der Waals surface area contributed by atoms with Gasteiger partial charge in [-0.05, 0) is 51.4 Å². The highest BCUT2D eigenvalue weighted by atomic mass is 31.2. The second-order valence-electron chi connectivity index (χ2n) is 12.4. The number of phosphoric ester groups is 1. The topological polar surface area (TPSA) is 134 Å². The summed E-state index contributed by atoms with van der Waals surface area (Å²) >= 11 is 0. The maximum Gasteiger partial charge on any atom is 0.472 e. The van der Waals surface area contributed by atoms with Crippen LogP contribution in [0.1, 0.15) is 162 Å². The Bertz CT molecular complexity index is 892. The van der Waals surface area contributed by atoms with E-state index in [0.29, 0.717) is 12.8 Å². The Labute approximate surface area is 293 Å². The third-order valence-electron chi connectivity index (χ3n) is 7.78. The number of rotatable bonds is 35.